The quantitative estimate of drug-likeness (QED) is 0.649. The van der Waals surface area contributed by atoms with Gasteiger partial charge in [-0.3, -0.25) is 9.88 Å². The Balaban J connectivity index is 2.32. The first-order valence-corrected chi connectivity index (χ1v) is 6.77. The molecule has 0 spiro atoms. The molecule has 0 bridgehead atoms. The summed E-state index contributed by atoms with van der Waals surface area (Å²) in [5, 5.41) is 13.2. The lowest BCUT2D eigenvalue weighted by Gasteiger charge is -2.23. The summed E-state index contributed by atoms with van der Waals surface area (Å²) in [5.74, 6) is 0. The molecule has 0 aromatic carbocycles. The Kier molecular flexibility index (Phi) is 7.57. The van der Waals surface area contributed by atoms with E-state index in [1.54, 1.807) is 0 Å². The molecule has 0 radical (unpaired) electrons. The first-order valence-electron chi connectivity index (χ1n) is 6.77. The molecule has 18 heavy (non-hydrogen) atoms. The molecule has 1 rings (SSSR count). The topological polar surface area (TPSA) is 48.4 Å². The minimum atomic E-state index is -0.319. The van der Waals surface area contributed by atoms with Crippen molar-refractivity contribution in [3.63, 3.8) is 0 Å². The molecule has 0 amide bonds. The van der Waals surface area contributed by atoms with Crippen LogP contribution in [0.5, 0.6) is 0 Å². The standard InChI is InChI=1S/C14H25N3O/c1-3-8-15-10-14(18)12-17(4-2)11-13-7-5-6-9-16-13/h5-7,9,14-15,18H,3-4,8,10-12H2,1-2H3. The third-order valence-electron chi connectivity index (χ3n) is 2.83. The largest absolute Gasteiger partial charge is 0.390 e. The smallest absolute Gasteiger partial charge is 0.0791 e. The van der Waals surface area contributed by atoms with Gasteiger partial charge in [-0.25, -0.2) is 0 Å². The lowest BCUT2D eigenvalue weighted by Crippen LogP contribution is -2.38. The van der Waals surface area contributed by atoms with Crippen LogP contribution in [0.1, 0.15) is 26.0 Å². The molecule has 102 valence electrons. The fourth-order valence-corrected chi connectivity index (χ4v) is 1.83. The van der Waals surface area contributed by atoms with Gasteiger partial charge in [-0.15, -0.1) is 0 Å². The molecule has 2 N–H and O–H groups in total. The molecule has 0 aliphatic carbocycles. The van der Waals surface area contributed by atoms with Gasteiger partial charge in [0, 0.05) is 25.8 Å². The monoisotopic (exact) mass is 251 g/mol. The first-order chi connectivity index (χ1) is 8.76. The van der Waals surface area contributed by atoms with Gasteiger partial charge < -0.3 is 10.4 Å². The summed E-state index contributed by atoms with van der Waals surface area (Å²) in [6, 6.07) is 5.93. The van der Waals surface area contributed by atoms with Gasteiger partial charge in [-0.05, 0) is 31.6 Å². The highest BCUT2D eigenvalue weighted by atomic mass is 16.3. The van der Waals surface area contributed by atoms with Crippen molar-refractivity contribution in [1.82, 2.24) is 15.2 Å². The van der Waals surface area contributed by atoms with Crippen LogP contribution in [0.3, 0.4) is 0 Å². The molecular formula is C14H25N3O. The number of pyridine rings is 1. The molecule has 0 aliphatic heterocycles. The molecule has 0 fully saturated rings. The predicted molar refractivity (Wildman–Crippen MR) is 74.4 cm³/mol. The number of aromatic nitrogens is 1. The molecule has 4 heteroatoms. The summed E-state index contributed by atoms with van der Waals surface area (Å²) in [6.07, 6.45) is 2.58. The molecule has 1 atom stereocenters. The van der Waals surface area contributed by atoms with E-state index in [0.717, 1.165) is 31.7 Å². The number of hydrogen-bond donors (Lipinski definition) is 2. The number of rotatable bonds is 9. The summed E-state index contributed by atoms with van der Waals surface area (Å²) in [4.78, 5) is 6.52. The average Bonchev–Trinajstić information content (AvgIpc) is 2.39. The highest BCUT2D eigenvalue weighted by Gasteiger charge is 2.10. The van der Waals surface area contributed by atoms with Gasteiger partial charge in [0.2, 0.25) is 0 Å². The SMILES string of the molecule is CCCNCC(O)CN(CC)Cc1ccccn1. The van der Waals surface area contributed by atoms with Gasteiger partial charge in [0.15, 0.2) is 0 Å². The molecule has 1 aromatic heterocycles. The van der Waals surface area contributed by atoms with Crippen molar-refractivity contribution in [2.24, 2.45) is 0 Å². The number of aliphatic hydroxyl groups excluding tert-OH is 1. The van der Waals surface area contributed by atoms with E-state index in [4.69, 9.17) is 0 Å². The lowest BCUT2D eigenvalue weighted by atomic mass is 10.2. The van der Waals surface area contributed by atoms with E-state index in [1.807, 2.05) is 24.4 Å². The average molecular weight is 251 g/mol. The molecule has 1 unspecified atom stereocenters. The summed E-state index contributed by atoms with van der Waals surface area (Å²) in [7, 11) is 0. The Labute approximate surface area is 110 Å². The van der Waals surface area contributed by atoms with Gasteiger partial charge in [0.25, 0.3) is 0 Å². The Morgan fingerprint density at radius 1 is 1.39 bits per heavy atom. The predicted octanol–water partition coefficient (Wildman–Crippen LogP) is 1.26. The highest BCUT2D eigenvalue weighted by Crippen LogP contribution is 2.01. The van der Waals surface area contributed by atoms with Crippen LogP contribution in [0.25, 0.3) is 0 Å². The number of nitrogens with one attached hydrogen (secondary N) is 1. The second kappa shape index (κ2) is 9.03. The Hall–Kier alpha value is -0.970. The molecule has 4 nitrogen and oxygen atoms in total. The molecule has 0 aliphatic rings. The van der Waals surface area contributed by atoms with Crippen molar-refractivity contribution in [3.8, 4) is 0 Å². The van der Waals surface area contributed by atoms with E-state index in [2.05, 4.69) is 29.0 Å². The van der Waals surface area contributed by atoms with Crippen molar-refractivity contribution in [2.45, 2.75) is 32.9 Å². The zero-order chi connectivity index (χ0) is 13.2. The van der Waals surface area contributed by atoms with E-state index >= 15 is 0 Å². The second-order valence-electron chi connectivity index (χ2n) is 4.51. The highest BCUT2D eigenvalue weighted by molar-refractivity contribution is 5.03. The third-order valence-corrected chi connectivity index (χ3v) is 2.83. The second-order valence-corrected chi connectivity index (χ2v) is 4.51. The Morgan fingerprint density at radius 3 is 2.83 bits per heavy atom. The van der Waals surface area contributed by atoms with Crippen LogP contribution in [0.4, 0.5) is 0 Å². The van der Waals surface area contributed by atoms with Gasteiger partial charge >= 0.3 is 0 Å². The van der Waals surface area contributed by atoms with E-state index < -0.39 is 0 Å². The molecular weight excluding hydrogens is 226 g/mol. The molecule has 1 heterocycles. The molecule has 1 aromatic rings. The van der Waals surface area contributed by atoms with Crippen LogP contribution >= 0.6 is 0 Å². The van der Waals surface area contributed by atoms with Crippen LogP contribution in [-0.2, 0) is 6.54 Å². The van der Waals surface area contributed by atoms with Crippen molar-refractivity contribution in [1.29, 1.82) is 0 Å². The number of nitrogens with zero attached hydrogens (tertiary/aromatic N) is 2. The van der Waals surface area contributed by atoms with Crippen molar-refractivity contribution in [2.75, 3.05) is 26.2 Å². The zero-order valence-electron chi connectivity index (χ0n) is 11.5. The van der Waals surface area contributed by atoms with E-state index in [-0.39, 0.29) is 6.10 Å². The maximum atomic E-state index is 9.93. The van der Waals surface area contributed by atoms with Crippen molar-refractivity contribution in [3.05, 3.63) is 30.1 Å². The fourth-order valence-electron chi connectivity index (χ4n) is 1.83. The zero-order valence-corrected chi connectivity index (χ0v) is 11.5. The van der Waals surface area contributed by atoms with E-state index in [0.29, 0.717) is 13.1 Å². The molecule has 0 saturated carbocycles. The minimum Gasteiger partial charge on any atom is -0.390 e. The third kappa shape index (κ3) is 6.10. The van der Waals surface area contributed by atoms with Crippen LogP contribution in [-0.4, -0.2) is 47.3 Å². The van der Waals surface area contributed by atoms with Crippen LogP contribution in [0, 0.1) is 0 Å². The number of aliphatic hydroxyl groups is 1. The van der Waals surface area contributed by atoms with E-state index in [1.165, 1.54) is 0 Å². The van der Waals surface area contributed by atoms with Gasteiger partial charge in [-0.1, -0.05) is 19.9 Å². The van der Waals surface area contributed by atoms with Crippen LogP contribution in [0.15, 0.2) is 24.4 Å². The van der Waals surface area contributed by atoms with Gasteiger partial charge in [0.05, 0.1) is 11.8 Å². The number of likely N-dealkylation sites (N-methyl/N-ethyl adjacent to an activating group) is 1. The van der Waals surface area contributed by atoms with Gasteiger partial charge in [-0.2, -0.15) is 0 Å². The summed E-state index contributed by atoms with van der Waals surface area (Å²) in [5.41, 5.74) is 1.05. The summed E-state index contributed by atoms with van der Waals surface area (Å²) >= 11 is 0. The normalized spacial score (nSPS) is 12.9. The van der Waals surface area contributed by atoms with Gasteiger partial charge in [0.1, 0.15) is 0 Å². The fraction of sp³-hybridized carbons (Fsp3) is 0.643. The lowest BCUT2D eigenvalue weighted by molar-refractivity contribution is 0.110. The summed E-state index contributed by atoms with van der Waals surface area (Å²) < 4.78 is 0. The van der Waals surface area contributed by atoms with E-state index in [9.17, 15) is 5.11 Å². The first kappa shape index (κ1) is 15.1. The Bertz CT molecular complexity index is 305. The van der Waals surface area contributed by atoms with Crippen molar-refractivity contribution < 1.29 is 5.11 Å². The maximum absolute atomic E-state index is 9.93. The molecule has 0 saturated heterocycles. The summed E-state index contributed by atoms with van der Waals surface area (Å²) in [6.45, 7) is 8.25. The van der Waals surface area contributed by atoms with Crippen molar-refractivity contribution >= 4 is 0 Å². The van der Waals surface area contributed by atoms with Crippen LogP contribution < -0.4 is 5.32 Å². The maximum Gasteiger partial charge on any atom is 0.0791 e. The Morgan fingerprint density at radius 2 is 2.22 bits per heavy atom. The van der Waals surface area contributed by atoms with Crippen LogP contribution in [0.2, 0.25) is 0 Å². The minimum absolute atomic E-state index is 0.319. The number of hydrogen-bond acceptors (Lipinski definition) is 4.